The van der Waals surface area contributed by atoms with Crippen molar-refractivity contribution in [1.82, 2.24) is 5.32 Å². The number of carbonyl (C=O) groups excluding carboxylic acids is 1. The first-order valence-electron chi connectivity index (χ1n) is 5.65. The molecule has 0 aliphatic heterocycles. The van der Waals surface area contributed by atoms with Gasteiger partial charge >= 0.3 is 0 Å². The molecular weight excluding hydrogens is 307 g/mol. The number of hydrogen-bond acceptors (Lipinski definition) is 1. The molecule has 20 heavy (non-hydrogen) atoms. The lowest BCUT2D eigenvalue weighted by molar-refractivity contribution is 0.0947. The second kappa shape index (κ2) is 6.20. The Bertz CT molecular complexity index is 641. The minimum absolute atomic E-state index is 0.0274. The molecular formula is C14H9Cl2F2NO. The van der Waals surface area contributed by atoms with Gasteiger partial charge in [-0.25, -0.2) is 8.78 Å². The molecule has 0 heterocycles. The van der Waals surface area contributed by atoms with Crippen molar-refractivity contribution in [3.63, 3.8) is 0 Å². The standard InChI is InChI=1S/C14H9Cl2F2NO/c15-9-2-1-3-12(18)13(9)14(20)19-7-8-4-5-11(17)10(16)6-8/h1-6H,7H2,(H,19,20). The molecule has 0 aromatic heterocycles. The molecule has 104 valence electrons. The molecule has 6 heteroatoms. The van der Waals surface area contributed by atoms with Gasteiger partial charge in [0.25, 0.3) is 5.91 Å². The summed E-state index contributed by atoms with van der Waals surface area (Å²) in [7, 11) is 0. The summed E-state index contributed by atoms with van der Waals surface area (Å²) in [6.07, 6.45) is 0. The van der Waals surface area contributed by atoms with Gasteiger partial charge in [0.05, 0.1) is 15.6 Å². The monoisotopic (exact) mass is 315 g/mol. The van der Waals surface area contributed by atoms with Gasteiger partial charge in [-0.05, 0) is 29.8 Å². The zero-order chi connectivity index (χ0) is 14.7. The van der Waals surface area contributed by atoms with Crippen LogP contribution in [0.3, 0.4) is 0 Å². The lowest BCUT2D eigenvalue weighted by Gasteiger charge is -2.08. The molecule has 2 nitrogen and oxygen atoms in total. The van der Waals surface area contributed by atoms with Gasteiger partial charge in [-0.1, -0.05) is 35.3 Å². The van der Waals surface area contributed by atoms with Crippen molar-refractivity contribution in [2.24, 2.45) is 0 Å². The van der Waals surface area contributed by atoms with Gasteiger partial charge in [0.15, 0.2) is 0 Å². The minimum atomic E-state index is -0.702. The molecule has 0 fully saturated rings. The van der Waals surface area contributed by atoms with Gasteiger partial charge in [-0.3, -0.25) is 4.79 Å². The maximum atomic E-state index is 13.5. The van der Waals surface area contributed by atoms with E-state index >= 15 is 0 Å². The van der Waals surface area contributed by atoms with E-state index in [1.807, 2.05) is 0 Å². The second-order valence-electron chi connectivity index (χ2n) is 4.03. The molecule has 0 unspecified atom stereocenters. The highest BCUT2D eigenvalue weighted by Crippen LogP contribution is 2.19. The Balaban J connectivity index is 2.11. The smallest absolute Gasteiger partial charge is 0.256 e. The quantitative estimate of drug-likeness (QED) is 0.903. The lowest BCUT2D eigenvalue weighted by Crippen LogP contribution is -2.24. The van der Waals surface area contributed by atoms with Crippen LogP contribution < -0.4 is 5.32 Å². The molecule has 1 amide bonds. The summed E-state index contributed by atoms with van der Waals surface area (Å²) in [4.78, 5) is 11.9. The Labute approximate surface area is 124 Å². The molecule has 2 rings (SSSR count). The Hall–Kier alpha value is -1.65. The molecule has 0 atom stereocenters. The van der Waals surface area contributed by atoms with Crippen LogP contribution in [0.2, 0.25) is 10.0 Å². The molecule has 0 saturated carbocycles. The van der Waals surface area contributed by atoms with E-state index in [-0.39, 0.29) is 22.2 Å². The van der Waals surface area contributed by atoms with E-state index in [2.05, 4.69) is 5.32 Å². The minimum Gasteiger partial charge on any atom is -0.348 e. The summed E-state index contributed by atoms with van der Waals surface area (Å²) in [5.74, 6) is -1.89. The Kier molecular flexibility index (Phi) is 4.57. The van der Waals surface area contributed by atoms with Crippen molar-refractivity contribution in [2.75, 3.05) is 0 Å². The number of amides is 1. The molecule has 0 saturated heterocycles. The molecule has 0 bridgehead atoms. The zero-order valence-electron chi connectivity index (χ0n) is 10.1. The van der Waals surface area contributed by atoms with Crippen LogP contribution in [-0.4, -0.2) is 5.91 Å². The van der Waals surface area contributed by atoms with Crippen LogP contribution in [0.5, 0.6) is 0 Å². The third-order valence-corrected chi connectivity index (χ3v) is 3.23. The summed E-state index contributed by atoms with van der Waals surface area (Å²) >= 11 is 11.4. The predicted molar refractivity (Wildman–Crippen MR) is 74.0 cm³/mol. The Morgan fingerprint density at radius 2 is 1.80 bits per heavy atom. The number of nitrogens with one attached hydrogen (secondary N) is 1. The van der Waals surface area contributed by atoms with Crippen LogP contribution in [-0.2, 0) is 6.54 Å². The fourth-order valence-electron chi connectivity index (χ4n) is 1.64. The normalized spacial score (nSPS) is 10.4. The summed E-state index contributed by atoms with van der Waals surface area (Å²) < 4.78 is 26.5. The highest BCUT2D eigenvalue weighted by Gasteiger charge is 2.15. The van der Waals surface area contributed by atoms with Crippen LogP contribution in [0, 0.1) is 11.6 Å². The average Bonchev–Trinajstić information content (AvgIpc) is 2.40. The van der Waals surface area contributed by atoms with Crippen molar-refractivity contribution in [1.29, 1.82) is 0 Å². The van der Waals surface area contributed by atoms with Crippen LogP contribution in [0.4, 0.5) is 8.78 Å². The number of rotatable bonds is 3. The van der Waals surface area contributed by atoms with Gasteiger partial charge < -0.3 is 5.32 Å². The van der Waals surface area contributed by atoms with E-state index in [1.165, 1.54) is 30.3 Å². The van der Waals surface area contributed by atoms with Crippen molar-refractivity contribution in [3.8, 4) is 0 Å². The van der Waals surface area contributed by atoms with E-state index in [9.17, 15) is 13.6 Å². The first kappa shape index (κ1) is 14.8. The largest absolute Gasteiger partial charge is 0.348 e. The maximum Gasteiger partial charge on any atom is 0.256 e. The summed E-state index contributed by atoms with van der Waals surface area (Å²) in [5, 5.41) is 2.49. The van der Waals surface area contributed by atoms with Crippen LogP contribution in [0.15, 0.2) is 36.4 Å². The highest BCUT2D eigenvalue weighted by atomic mass is 35.5. The van der Waals surface area contributed by atoms with E-state index in [1.54, 1.807) is 0 Å². The van der Waals surface area contributed by atoms with Crippen LogP contribution in [0.25, 0.3) is 0 Å². The SMILES string of the molecule is O=C(NCc1ccc(F)c(Cl)c1)c1c(F)cccc1Cl. The number of carbonyl (C=O) groups is 1. The first-order valence-corrected chi connectivity index (χ1v) is 6.41. The lowest BCUT2D eigenvalue weighted by atomic mass is 10.1. The van der Waals surface area contributed by atoms with Gasteiger partial charge in [0, 0.05) is 6.54 Å². The topological polar surface area (TPSA) is 29.1 Å². The third kappa shape index (κ3) is 3.26. The third-order valence-electron chi connectivity index (χ3n) is 2.63. The molecule has 0 aliphatic rings. The molecule has 0 radical (unpaired) electrons. The van der Waals surface area contributed by atoms with Crippen LogP contribution in [0.1, 0.15) is 15.9 Å². The number of benzene rings is 2. The van der Waals surface area contributed by atoms with E-state index in [0.29, 0.717) is 5.56 Å². The molecule has 0 spiro atoms. The molecule has 0 aliphatic carbocycles. The zero-order valence-corrected chi connectivity index (χ0v) is 11.6. The van der Waals surface area contributed by atoms with Crippen molar-refractivity contribution in [2.45, 2.75) is 6.54 Å². The summed E-state index contributed by atoms with van der Waals surface area (Å²) in [6.45, 7) is 0.0868. The molecule has 2 aromatic carbocycles. The predicted octanol–water partition coefficient (Wildman–Crippen LogP) is 4.20. The number of hydrogen-bond donors (Lipinski definition) is 1. The Morgan fingerprint density at radius 1 is 1.05 bits per heavy atom. The van der Waals surface area contributed by atoms with Crippen molar-refractivity contribution >= 4 is 29.1 Å². The molecule has 1 N–H and O–H groups in total. The van der Waals surface area contributed by atoms with Crippen LogP contribution >= 0.6 is 23.2 Å². The number of halogens is 4. The first-order chi connectivity index (χ1) is 9.49. The highest BCUT2D eigenvalue weighted by molar-refractivity contribution is 6.33. The summed E-state index contributed by atoms with van der Waals surface area (Å²) in [5.41, 5.74) is 0.375. The van der Waals surface area contributed by atoms with Crippen molar-refractivity contribution < 1.29 is 13.6 Å². The van der Waals surface area contributed by atoms with Gasteiger partial charge in [-0.15, -0.1) is 0 Å². The Morgan fingerprint density at radius 3 is 2.45 bits per heavy atom. The average molecular weight is 316 g/mol. The maximum absolute atomic E-state index is 13.5. The van der Waals surface area contributed by atoms with E-state index < -0.39 is 17.5 Å². The second-order valence-corrected chi connectivity index (χ2v) is 4.84. The fourth-order valence-corrected chi connectivity index (χ4v) is 2.09. The van der Waals surface area contributed by atoms with Crippen molar-refractivity contribution in [3.05, 3.63) is 69.2 Å². The summed E-state index contributed by atoms with van der Waals surface area (Å²) in [6, 6.07) is 8.04. The van der Waals surface area contributed by atoms with E-state index in [4.69, 9.17) is 23.2 Å². The van der Waals surface area contributed by atoms with Gasteiger partial charge in [-0.2, -0.15) is 0 Å². The fraction of sp³-hybridized carbons (Fsp3) is 0.0714. The van der Waals surface area contributed by atoms with Gasteiger partial charge in [0.1, 0.15) is 11.6 Å². The van der Waals surface area contributed by atoms with E-state index in [0.717, 1.165) is 6.07 Å². The van der Waals surface area contributed by atoms with Gasteiger partial charge in [0.2, 0.25) is 0 Å². The molecule has 2 aromatic rings.